The number of fused-ring (bicyclic) bond motifs is 1. The monoisotopic (exact) mass is 398 g/mol. The lowest BCUT2D eigenvalue weighted by Crippen LogP contribution is -2.15. The number of aromatic nitrogens is 2. The van der Waals surface area contributed by atoms with Crippen molar-refractivity contribution in [3.63, 3.8) is 0 Å². The number of carbonyl (C=O) groups excluding carboxylic acids is 1. The molecule has 7 nitrogen and oxygen atoms in total. The van der Waals surface area contributed by atoms with Gasteiger partial charge in [-0.25, -0.2) is 4.79 Å². The fourth-order valence-electron chi connectivity index (χ4n) is 2.53. The van der Waals surface area contributed by atoms with E-state index in [0.717, 1.165) is 11.1 Å². The largest absolute Gasteiger partial charge is 0.486 e. The molecule has 0 unspecified atom stereocenters. The molecule has 0 atom stereocenters. The lowest BCUT2D eigenvalue weighted by Gasteiger charge is -2.18. The van der Waals surface area contributed by atoms with Crippen LogP contribution in [0.1, 0.15) is 11.5 Å². The summed E-state index contributed by atoms with van der Waals surface area (Å²) in [5, 5.41) is 8.42. The number of rotatable bonds is 5. The molecule has 1 aromatic heterocycles. The summed E-state index contributed by atoms with van der Waals surface area (Å²) < 4.78 is 21.6. The van der Waals surface area contributed by atoms with Crippen LogP contribution in [-0.4, -0.2) is 29.4 Å². The predicted molar refractivity (Wildman–Crippen MR) is 101 cm³/mol. The predicted octanol–water partition coefficient (Wildman–Crippen LogP) is 3.92. The van der Waals surface area contributed by atoms with Crippen LogP contribution in [-0.2, 0) is 16.1 Å². The second-order valence-corrected chi connectivity index (χ2v) is 6.29. The molecule has 2 aromatic carbocycles. The molecule has 2 heterocycles. The maximum absolute atomic E-state index is 11.9. The summed E-state index contributed by atoms with van der Waals surface area (Å²) in [4.78, 5) is 11.9. The lowest BCUT2D eigenvalue weighted by atomic mass is 10.2. The molecule has 0 aliphatic carbocycles. The van der Waals surface area contributed by atoms with Crippen LogP contribution in [0.4, 0.5) is 0 Å². The Morgan fingerprint density at radius 1 is 1.07 bits per heavy atom. The molecule has 0 bridgehead atoms. The first-order chi connectivity index (χ1) is 13.7. The molecule has 0 amide bonds. The van der Waals surface area contributed by atoms with E-state index in [0.29, 0.717) is 35.6 Å². The number of ether oxygens (including phenoxy) is 3. The molecular weight excluding hydrogens is 384 g/mol. The molecule has 0 saturated heterocycles. The summed E-state index contributed by atoms with van der Waals surface area (Å²) >= 11 is 5.85. The van der Waals surface area contributed by atoms with Crippen molar-refractivity contribution in [3.05, 3.63) is 65.0 Å². The van der Waals surface area contributed by atoms with Crippen molar-refractivity contribution in [2.45, 2.75) is 6.61 Å². The van der Waals surface area contributed by atoms with E-state index in [9.17, 15) is 4.79 Å². The SMILES string of the molecule is O=C(/C=C/c1ccc2c(c1)OCCO2)OCc1nnc(-c2ccc(Cl)cc2)o1. The third kappa shape index (κ3) is 4.32. The summed E-state index contributed by atoms with van der Waals surface area (Å²) in [6.45, 7) is 0.916. The Kier molecular flexibility index (Phi) is 5.25. The zero-order chi connectivity index (χ0) is 19.3. The maximum Gasteiger partial charge on any atom is 0.331 e. The number of esters is 1. The number of carbonyl (C=O) groups is 1. The van der Waals surface area contributed by atoms with Crippen LogP contribution < -0.4 is 9.47 Å². The van der Waals surface area contributed by atoms with Gasteiger partial charge in [-0.1, -0.05) is 17.7 Å². The first kappa shape index (κ1) is 18.1. The van der Waals surface area contributed by atoms with Gasteiger partial charge in [0, 0.05) is 16.7 Å². The second-order valence-electron chi connectivity index (χ2n) is 5.85. The topological polar surface area (TPSA) is 83.7 Å². The smallest absolute Gasteiger partial charge is 0.331 e. The average Bonchev–Trinajstić information content (AvgIpc) is 3.20. The van der Waals surface area contributed by atoms with E-state index < -0.39 is 5.97 Å². The van der Waals surface area contributed by atoms with Gasteiger partial charge >= 0.3 is 5.97 Å². The van der Waals surface area contributed by atoms with Crippen LogP contribution in [0.15, 0.2) is 53.0 Å². The van der Waals surface area contributed by atoms with Crippen molar-refractivity contribution in [1.29, 1.82) is 0 Å². The quantitative estimate of drug-likeness (QED) is 0.475. The summed E-state index contributed by atoms with van der Waals surface area (Å²) in [6, 6.07) is 12.4. The maximum atomic E-state index is 11.9. The highest BCUT2D eigenvalue weighted by atomic mass is 35.5. The minimum Gasteiger partial charge on any atom is -0.486 e. The number of hydrogen-bond acceptors (Lipinski definition) is 7. The number of hydrogen-bond donors (Lipinski definition) is 0. The van der Waals surface area contributed by atoms with Crippen LogP contribution in [0, 0.1) is 0 Å². The number of benzene rings is 2. The molecule has 0 fully saturated rings. The molecule has 1 aliphatic rings. The molecule has 142 valence electrons. The highest BCUT2D eigenvalue weighted by Crippen LogP contribution is 2.31. The van der Waals surface area contributed by atoms with Gasteiger partial charge in [-0.2, -0.15) is 0 Å². The molecule has 8 heteroatoms. The summed E-state index contributed by atoms with van der Waals surface area (Å²) in [6.07, 6.45) is 2.95. The summed E-state index contributed by atoms with van der Waals surface area (Å²) in [7, 11) is 0. The van der Waals surface area contributed by atoms with Crippen LogP contribution in [0.2, 0.25) is 5.02 Å². The van der Waals surface area contributed by atoms with Gasteiger partial charge in [0.25, 0.3) is 5.89 Å². The zero-order valence-corrected chi connectivity index (χ0v) is 15.4. The first-order valence-corrected chi connectivity index (χ1v) is 8.88. The van der Waals surface area contributed by atoms with Gasteiger partial charge in [-0.3, -0.25) is 0 Å². The van der Waals surface area contributed by atoms with E-state index in [-0.39, 0.29) is 12.5 Å². The average molecular weight is 399 g/mol. The van der Waals surface area contributed by atoms with Crippen molar-refractivity contribution in [2.75, 3.05) is 13.2 Å². The van der Waals surface area contributed by atoms with Gasteiger partial charge in [0.2, 0.25) is 5.89 Å². The van der Waals surface area contributed by atoms with E-state index in [1.165, 1.54) is 6.08 Å². The van der Waals surface area contributed by atoms with Crippen molar-refractivity contribution in [3.8, 4) is 23.0 Å². The number of halogens is 1. The van der Waals surface area contributed by atoms with Gasteiger partial charge < -0.3 is 18.6 Å². The minimum atomic E-state index is -0.527. The molecule has 4 rings (SSSR count). The lowest BCUT2D eigenvalue weighted by molar-refractivity contribution is -0.139. The van der Waals surface area contributed by atoms with Crippen molar-refractivity contribution in [2.24, 2.45) is 0 Å². The van der Waals surface area contributed by atoms with Gasteiger partial charge in [0.15, 0.2) is 18.1 Å². The Hall–Kier alpha value is -3.32. The van der Waals surface area contributed by atoms with E-state index >= 15 is 0 Å². The highest BCUT2D eigenvalue weighted by molar-refractivity contribution is 6.30. The molecule has 0 spiro atoms. The molecule has 28 heavy (non-hydrogen) atoms. The fraction of sp³-hybridized carbons (Fsp3) is 0.150. The van der Waals surface area contributed by atoms with E-state index in [1.807, 2.05) is 6.07 Å². The standard InChI is InChI=1S/C20H15ClN2O5/c21-15-5-3-14(4-6-15)20-23-22-18(28-20)12-27-19(24)8-2-13-1-7-16-17(11-13)26-10-9-25-16/h1-8,11H,9-10,12H2/b8-2+. The Morgan fingerprint density at radius 3 is 2.68 bits per heavy atom. The highest BCUT2D eigenvalue weighted by Gasteiger charge is 2.12. The van der Waals surface area contributed by atoms with Gasteiger partial charge in [0.1, 0.15) is 13.2 Å². The molecule has 0 radical (unpaired) electrons. The normalized spacial score (nSPS) is 12.9. The van der Waals surface area contributed by atoms with Gasteiger partial charge in [0.05, 0.1) is 0 Å². The Labute approximate surface area is 165 Å². The van der Waals surface area contributed by atoms with Crippen LogP contribution >= 0.6 is 11.6 Å². The number of nitrogens with zero attached hydrogens (tertiary/aromatic N) is 2. The fourth-order valence-corrected chi connectivity index (χ4v) is 2.66. The van der Waals surface area contributed by atoms with Crippen LogP contribution in [0.3, 0.4) is 0 Å². The first-order valence-electron chi connectivity index (χ1n) is 8.50. The third-order valence-corrected chi connectivity index (χ3v) is 4.13. The molecule has 3 aromatic rings. The summed E-state index contributed by atoms with van der Waals surface area (Å²) in [5.41, 5.74) is 1.52. The molecular formula is C20H15ClN2O5. The van der Waals surface area contributed by atoms with E-state index in [2.05, 4.69) is 10.2 Å². The van der Waals surface area contributed by atoms with Crippen molar-refractivity contribution in [1.82, 2.24) is 10.2 Å². The van der Waals surface area contributed by atoms with Gasteiger partial charge in [-0.15, -0.1) is 10.2 Å². The summed E-state index contributed by atoms with van der Waals surface area (Å²) in [5.74, 6) is 1.35. The molecule has 0 N–H and O–H groups in total. The van der Waals surface area contributed by atoms with E-state index in [1.54, 1.807) is 42.5 Å². The van der Waals surface area contributed by atoms with Gasteiger partial charge in [-0.05, 0) is 48.0 Å². The Bertz CT molecular complexity index is 1010. The zero-order valence-electron chi connectivity index (χ0n) is 14.6. The van der Waals surface area contributed by atoms with Crippen molar-refractivity contribution < 1.29 is 23.4 Å². The molecule has 0 saturated carbocycles. The minimum absolute atomic E-state index is 0.120. The van der Waals surface area contributed by atoms with Crippen LogP contribution in [0.25, 0.3) is 17.5 Å². The van der Waals surface area contributed by atoms with Crippen molar-refractivity contribution >= 4 is 23.6 Å². The molecule has 1 aliphatic heterocycles. The van der Waals surface area contributed by atoms with E-state index in [4.69, 9.17) is 30.2 Å². The van der Waals surface area contributed by atoms with Crippen LogP contribution in [0.5, 0.6) is 11.5 Å². The third-order valence-electron chi connectivity index (χ3n) is 3.87. The Balaban J connectivity index is 1.33. The Morgan fingerprint density at radius 2 is 1.86 bits per heavy atom. The second kappa shape index (κ2) is 8.14.